The Kier molecular flexibility index (Phi) is 4.87. The predicted molar refractivity (Wildman–Crippen MR) is 77.4 cm³/mol. The fraction of sp³-hybridized carbons (Fsp3) is 0.357. The molecule has 2 rings (SSSR count). The molecule has 1 aromatic carbocycles. The summed E-state index contributed by atoms with van der Waals surface area (Å²) in [4.78, 5) is 25.2. The number of benzene rings is 1. The first-order valence-electron chi connectivity index (χ1n) is 6.65. The number of anilines is 1. The average Bonchev–Trinajstić information content (AvgIpc) is 2.48. The topological polar surface area (TPSA) is 111 Å². The summed E-state index contributed by atoms with van der Waals surface area (Å²) in [6.07, 6.45) is 0. The van der Waals surface area contributed by atoms with Gasteiger partial charge in [-0.3, -0.25) is 14.5 Å². The van der Waals surface area contributed by atoms with Crippen LogP contribution >= 0.6 is 0 Å². The lowest BCUT2D eigenvalue weighted by Crippen LogP contribution is -2.52. The van der Waals surface area contributed by atoms with E-state index in [1.54, 1.807) is 29.2 Å². The molecule has 1 aliphatic heterocycles. The van der Waals surface area contributed by atoms with Gasteiger partial charge in [0.25, 0.3) is 5.91 Å². The Labute approximate surface area is 122 Å². The van der Waals surface area contributed by atoms with Crippen molar-refractivity contribution in [3.05, 3.63) is 29.8 Å². The summed E-state index contributed by atoms with van der Waals surface area (Å²) in [5, 5.41) is 14.8. The molecule has 4 N–H and O–H groups in total. The van der Waals surface area contributed by atoms with Crippen molar-refractivity contribution in [3.8, 4) is 6.07 Å². The molecule has 0 spiro atoms. The van der Waals surface area contributed by atoms with Crippen LogP contribution in [0.1, 0.15) is 10.4 Å². The second-order valence-electron chi connectivity index (χ2n) is 4.78. The third-order valence-electron chi connectivity index (χ3n) is 3.32. The largest absolute Gasteiger partial charge is 0.366 e. The van der Waals surface area contributed by atoms with E-state index in [4.69, 9.17) is 11.0 Å². The molecule has 2 amide bonds. The summed E-state index contributed by atoms with van der Waals surface area (Å²) in [5.74, 6) is -0.867. The highest BCUT2D eigenvalue weighted by Gasteiger charge is 2.24. The van der Waals surface area contributed by atoms with E-state index in [0.717, 1.165) is 6.54 Å². The number of rotatable bonds is 4. The molecule has 1 unspecified atom stereocenters. The molecule has 0 aliphatic carbocycles. The number of hydrogen-bond acceptors (Lipinski definition) is 5. The molecule has 0 aromatic heterocycles. The number of carbonyl (C=O) groups is 2. The lowest BCUT2D eigenvalue weighted by Gasteiger charge is -2.31. The third kappa shape index (κ3) is 3.78. The van der Waals surface area contributed by atoms with Crippen molar-refractivity contribution in [1.29, 1.82) is 5.26 Å². The minimum absolute atomic E-state index is 0.104. The minimum atomic E-state index is -0.594. The van der Waals surface area contributed by atoms with Crippen LogP contribution in [0.4, 0.5) is 5.69 Å². The van der Waals surface area contributed by atoms with Gasteiger partial charge in [0, 0.05) is 19.6 Å². The molecule has 0 radical (unpaired) electrons. The fourth-order valence-corrected chi connectivity index (χ4v) is 2.24. The van der Waals surface area contributed by atoms with Gasteiger partial charge in [0.15, 0.2) is 0 Å². The summed E-state index contributed by atoms with van der Waals surface area (Å²) < 4.78 is 0. The lowest BCUT2D eigenvalue weighted by molar-refractivity contribution is -0.117. The van der Waals surface area contributed by atoms with E-state index < -0.39 is 5.91 Å². The van der Waals surface area contributed by atoms with Crippen molar-refractivity contribution in [2.75, 3.05) is 31.5 Å². The Balaban J connectivity index is 2.02. The van der Waals surface area contributed by atoms with Gasteiger partial charge in [-0.1, -0.05) is 12.1 Å². The maximum atomic E-state index is 12.1. The minimum Gasteiger partial charge on any atom is -0.366 e. The molecule has 7 heteroatoms. The van der Waals surface area contributed by atoms with E-state index in [1.165, 1.54) is 0 Å². The molecular weight excluding hydrogens is 270 g/mol. The average molecular weight is 287 g/mol. The van der Waals surface area contributed by atoms with Gasteiger partial charge < -0.3 is 16.4 Å². The van der Waals surface area contributed by atoms with Gasteiger partial charge in [-0.25, -0.2) is 0 Å². The molecule has 7 nitrogen and oxygen atoms in total. The first-order chi connectivity index (χ1) is 10.1. The molecular formula is C14H17N5O2. The molecule has 1 atom stereocenters. The number of primary amides is 1. The predicted octanol–water partition coefficient (Wildman–Crippen LogP) is -0.479. The van der Waals surface area contributed by atoms with Crippen LogP contribution in [0.5, 0.6) is 0 Å². The summed E-state index contributed by atoms with van der Waals surface area (Å²) in [7, 11) is 0. The second-order valence-corrected chi connectivity index (χ2v) is 4.78. The quantitative estimate of drug-likeness (QED) is 0.692. The first-order valence-corrected chi connectivity index (χ1v) is 6.65. The van der Waals surface area contributed by atoms with Gasteiger partial charge in [-0.15, -0.1) is 0 Å². The number of nitrogens with zero attached hydrogens (tertiary/aromatic N) is 2. The van der Waals surface area contributed by atoms with Gasteiger partial charge in [0.1, 0.15) is 6.04 Å². The monoisotopic (exact) mass is 287 g/mol. The van der Waals surface area contributed by atoms with Crippen molar-refractivity contribution in [2.45, 2.75) is 6.04 Å². The molecule has 1 fully saturated rings. The second kappa shape index (κ2) is 6.83. The van der Waals surface area contributed by atoms with E-state index in [0.29, 0.717) is 18.8 Å². The van der Waals surface area contributed by atoms with Crippen molar-refractivity contribution in [3.63, 3.8) is 0 Å². The number of amides is 2. The van der Waals surface area contributed by atoms with Crippen LogP contribution in [-0.4, -0.2) is 48.9 Å². The lowest BCUT2D eigenvalue weighted by atomic mass is 10.1. The molecule has 110 valence electrons. The van der Waals surface area contributed by atoms with Gasteiger partial charge >= 0.3 is 0 Å². The summed E-state index contributed by atoms with van der Waals surface area (Å²) in [6, 6.07) is 8.41. The van der Waals surface area contributed by atoms with Crippen LogP contribution in [0.15, 0.2) is 24.3 Å². The summed E-state index contributed by atoms with van der Waals surface area (Å²) in [5.41, 5.74) is 5.92. The highest BCUT2D eigenvalue weighted by molar-refractivity contribution is 6.03. The maximum Gasteiger partial charge on any atom is 0.250 e. The van der Waals surface area contributed by atoms with Crippen molar-refractivity contribution < 1.29 is 9.59 Å². The Morgan fingerprint density at radius 2 is 2.24 bits per heavy atom. The Morgan fingerprint density at radius 3 is 2.95 bits per heavy atom. The van der Waals surface area contributed by atoms with Crippen LogP contribution in [0.3, 0.4) is 0 Å². The number of hydrogen-bond donors (Lipinski definition) is 3. The zero-order chi connectivity index (χ0) is 15.2. The van der Waals surface area contributed by atoms with Crippen LogP contribution in [0.2, 0.25) is 0 Å². The van der Waals surface area contributed by atoms with E-state index in [9.17, 15) is 9.59 Å². The summed E-state index contributed by atoms with van der Waals surface area (Å²) >= 11 is 0. The Bertz CT molecular complexity index is 581. The number of nitriles is 1. The van der Waals surface area contributed by atoms with Crippen molar-refractivity contribution in [1.82, 2.24) is 10.2 Å². The third-order valence-corrected chi connectivity index (χ3v) is 3.32. The number of piperazine rings is 1. The van der Waals surface area contributed by atoms with Crippen LogP contribution in [0, 0.1) is 11.3 Å². The van der Waals surface area contributed by atoms with E-state index in [2.05, 4.69) is 16.7 Å². The van der Waals surface area contributed by atoms with Gasteiger partial charge in [-0.2, -0.15) is 5.26 Å². The maximum absolute atomic E-state index is 12.1. The molecule has 1 saturated heterocycles. The van der Waals surface area contributed by atoms with E-state index >= 15 is 0 Å². The summed E-state index contributed by atoms with van der Waals surface area (Å²) in [6.45, 7) is 2.01. The van der Waals surface area contributed by atoms with Crippen molar-refractivity contribution in [2.24, 2.45) is 5.73 Å². The molecule has 1 aliphatic rings. The zero-order valence-electron chi connectivity index (χ0n) is 11.5. The SMILES string of the molecule is N#CC1CNCCN1CC(=O)Nc1ccccc1C(N)=O. The molecule has 1 aromatic rings. The van der Waals surface area contributed by atoms with Gasteiger partial charge in [-0.05, 0) is 12.1 Å². The van der Waals surface area contributed by atoms with E-state index in [-0.39, 0.29) is 24.1 Å². The van der Waals surface area contributed by atoms with Gasteiger partial charge in [0.05, 0.1) is 23.9 Å². The molecule has 0 saturated carbocycles. The molecule has 1 heterocycles. The smallest absolute Gasteiger partial charge is 0.250 e. The number of carbonyl (C=O) groups excluding carboxylic acids is 2. The van der Waals surface area contributed by atoms with Crippen LogP contribution < -0.4 is 16.4 Å². The van der Waals surface area contributed by atoms with Crippen molar-refractivity contribution >= 4 is 17.5 Å². The Morgan fingerprint density at radius 1 is 1.48 bits per heavy atom. The normalized spacial score (nSPS) is 18.7. The molecule has 0 bridgehead atoms. The first kappa shape index (κ1) is 15.0. The zero-order valence-corrected chi connectivity index (χ0v) is 11.5. The number of nitrogens with one attached hydrogen (secondary N) is 2. The van der Waals surface area contributed by atoms with Crippen LogP contribution in [-0.2, 0) is 4.79 Å². The molecule has 21 heavy (non-hydrogen) atoms. The number of nitrogens with two attached hydrogens (primary N) is 1. The highest BCUT2D eigenvalue weighted by atomic mass is 16.2. The van der Waals surface area contributed by atoms with Crippen LogP contribution in [0.25, 0.3) is 0 Å². The van der Waals surface area contributed by atoms with E-state index in [1.807, 2.05) is 0 Å². The standard InChI is InChI=1S/C14H17N5O2/c15-7-10-8-17-5-6-19(10)9-13(20)18-12-4-2-1-3-11(12)14(16)21/h1-4,10,17H,5-6,8-9H2,(H2,16,21)(H,18,20). The number of para-hydroxylation sites is 1. The van der Waals surface area contributed by atoms with Gasteiger partial charge in [0.2, 0.25) is 5.91 Å². The highest BCUT2D eigenvalue weighted by Crippen LogP contribution is 2.14. The Hall–Kier alpha value is -2.43. The fourth-order valence-electron chi connectivity index (χ4n) is 2.24.